The maximum atomic E-state index is 11.4. The molecule has 0 amide bonds. The van der Waals surface area contributed by atoms with E-state index in [1.54, 1.807) is 12.1 Å². The molecule has 0 aromatic carbocycles. The fourth-order valence-corrected chi connectivity index (χ4v) is 2.94. The highest BCUT2D eigenvalue weighted by Crippen LogP contribution is 2.28. The number of aromatic nitrogens is 2. The number of nitrogens with zero attached hydrogens (tertiary/aromatic N) is 2. The highest BCUT2D eigenvalue weighted by atomic mass is 32.1. The van der Waals surface area contributed by atoms with Crippen LogP contribution in [-0.4, -0.2) is 26.8 Å². The third-order valence-electron chi connectivity index (χ3n) is 3.22. The summed E-state index contributed by atoms with van der Waals surface area (Å²) in [6.45, 7) is 1.53. The van der Waals surface area contributed by atoms with Crippen molar-refractivity contribution in [3.05, 3.63) is 59.1 Å². The Hall–Kier alpha value is -3.06. The summed E-state index contributed by atoms with van der Waals surface area (Å²) in [7, 11) is 0. The van der Waals surface area contributed by atoms with Crippen LogP contribution in [0.3, 0.4) is 0 Å². The van der Waals surface area contributed by atoms with E-state index in [9.17, 15) is 9.59 Å². The summed E-state index contributed by atoms with van der Waals surface area (Å²) in [5.41, 5.74) is 0.875. The number of hydrogen-bond acceptors (Lipinski definition) is 6. The molecular formula is C17H13N3O3S. The van der Waals surface area contributed by atoms with Crippen molar-refractivity contribution >= 4 is 34.7 Å². The second-order valence-corrected chi connectivity index (χ2v) is 6.07. The minimum absolute atomic E-state index is 0.0233. The number of carboxylic acids is 1. The number of hydrogen-bond donors (Lipinski definition) is 2. The van der Waals surface area contributed by atoms with E-state index in [2.05, 4.69) is 15.3 Å². The first-order valence-corrected chi connectivity index (χ1v) is 7.89. The Balaban J connectivity index is 1.86. The van der Waals surface area contributed by atoms with E-state index >= 15 is 0 Å². The normalized spacial score (nSPS) is 10.4. The Morgan fingerprint density at radius 1 is 1.12 bits per heavy atom. The Morgan fingerprint density at radius 3 is 2.67 bits per heavy atom. The molecule has 3 rings (SSSR count). The van der Waals surface area contributed by atoms with Gasteiger partial charge in [-0.05, 0) is 43.3 Å². The van der Waals surface area contributed by atoms with Gasteiger partial charge in [-0.15, -0.1) is 11.3 Å². The maximum absolute atomic E-state index is 11.4. The van der Waals surface area contributed by atoms with Crippen LogP contribution in [0.25, 0.3) is 10.6 Å². The van der Waals surface area contributed by atoms with Crippen LogP contribution in [0.4, 0.5) is 11.6 Å². The highest BCUT2D eigenvalue weighted by Gasteiger charge is 2.09. The van der Waals surface area contributed by atoms with Crippen LogP contribution in [0.5, 0.6) is 0 Å². The first-order chi connectivity index (χ1) is 11.5. The summed E-state index contributed by atoms with van der Waals surface area (Å²) in [5.74, 6) is -0.0526. The predicted molar refractivity (Wildman–Crippen MR) is 92.0 cm³/mol. The zero-order valence-electron chi connectivity index (χ0n) is 12.7. The van der Waals surface area contributed by atoms with Gasteiger partial charge in [-0.25, -0.2) is 14.8 Å². The molecule has 0 radical (unpaired) electrons. The van der Waals surface area contributed by atoms with Crippen molar-refractivity contribution in [2.24, 2.45) is 0 Å². The van der Waals surface area contributed by atoms with Gasteiger partial charge in [-0.3, -0.25) is 4.79 Å². The second-order valence-electron chi connectivity index (χ2n) is 4.99. The van der Waals surface area contributed by atoms with Crippen molar-refractivity contribution in [3.8, 4) is 10.6 Å². The van der Waals surface area contributed by atoms with Crippen molar-refractivity contribution in [2.75, 3.05) is 5.32 Å². The van der Waals surface area contributed by atoms with Gasteiger partial charge in [0.2, 0.25) is 0 Å². The SMILES string of the molecule is CC(=O)c1ccc(-c2cccc(Nc3cc(C(=O)O)ccn3)n2)s1. The average molecular weight is 339 g/mol. The van der Waals surface area contributed by atoms with Gasteiger partial charge in [0, 0.05) is 6.20 Å². The summed E-state index contributed by atoms with van der Waals surface area (Å²) in [4.78, 5) is 32.6. The minimum Gasteiger partial charge on any atom is -0.478 e. The molecule has 120 valence electrons. The molecule has 0 spiro atoms. The van der Waals surface area contributed by atoms with Gasteiger partial charge in [0.1, 0.15) is 11.6 Å². The lowest BCUT2D eigenvalue weighted by atomic mass is 10.2. The van der Waals surface area contributed by atoms with Crippen LogP contribution in [0.15, 0.2) is 48.7 Å². The lowest BCUT2D eigenvalue weighted by molar-refractivity contribution is 0.0696. The van der Waals surface area contributed by atoms with E-state index in [0.717, 1.165) is 10.6 Å². The fraction of sp³-hybridized carbons (Fsp3) is 0.0588. The van der Waals surface area contributed by atoms with E-state index < -0.39 is 5.97 Å². The number of rotatable bonds is 5. The van der Waals surface area contributed by atoms with Gasteiger partial charge in [0.15, 0.2) is 5.78 Å². The first-order valence-electron chi connectivity index (χ1n) is 7.07. The third-order valence-corrected chi connectivity index (χ3v) is 4.43. The van der Waals surface area contributed by atoms with Crippen LogP contribution in [0.1, 0.15) is 27.0 Å². The topological polar surface area (TPSA) is 92.2 Å². The van der Waals surface area contributed by atoms with E-state index in [1.807, 2.05) is 18.2 Å². The highest BCUT2D eigenvalue weighted by molar-refractivity contribution is 7.17. The summed E-state index contributed by atoms with van der Waals surface area (Å²) in [5, 5.41) is 12.0. The van der Waals surface area contributed by atoms with Crippen LogP contribution < -0.4 is 5.32 Å². The molecule has 0 atom stereocenters. The molecule has 0 saturated carbocycles. The first kappa shape index (κ1) is 15.8. The molecule has 3 heterocycles. The van der Waals surface area contributed by atoms with Crippen molar-refractivity contribution in [3.63, 3.8) is 0 Å². The lowest BCUT2D eigenvalue weighted by Gasteiger charge is -2.06. The molecule has 3 aromatic rings. The van der Waals surface area contributed by atoms with Crippen molar-refractivity contribution in [1.29, 1.82) is 0 Å². The number of carbonyl (C=O) groups is 2. The van der Waals surface area contributed by atoms with Crippen LogP contribution in [0, 0.1) is 0 Å². The maximum Gasteiger partial charge on any atom is 0.335 e. The molecular weight excluding hydrogens is 326 g/mol. The third kappa shape index (κ3) is 3.47. The molecule has 0 saturated heterocycles. The second kappa shape index (κ2) is 6.59. The van der Waals surface area contributed by atoms with E-state index in [4.69, 9.17) is 5.11 Å². The lowest BCUT2D eigenvalue weighted by Crippen LogP contribution is -2.01. The molecule has 24 heavy (non-hydrogen) atoms. The summed E-state index contributed by atoms with van der Waals surface area (Å²) in [6, 6.07) is 11.9. The monoisotopic (exact) mass is 339 g/mol. The predicted octanol–water partition coefficient (Wildman–Crippen LogP) is 3.85. The molecule has 0 aliphatic heterocycles. The quantitative estimate of drug-likeness (QED) is 0.686. The van der Waals surface area contributed by atoms with Gasteiger partial charge in [0.05, 0.1) is 21.0 Å². The zero-order valence-corrected chi connectivity index (χ0v) is 13.5. The van der Waals surface area contributed by atoms with E-state index in [0.29, 0.717) is 16.5 Å². The number of nitrogens with one attached hydrogen (secondary N) is 1. The standard InChI is InChI=1S/C17H13N3O3S/c1-10(21)13-5-6-14(24-13)12-3-2-4-15(19-12)20-16-9-11(17(22)23)7-8-18-16/h2-9H,1H3,(H,22,23)(H,18,19,20). The number of carboxylic acid groups (broad SMARTS) is 1. The van der Waals surface area contributed by atoms with Crippen molar-refractivity contribution in [1.82, 2.24) is 9.97 Å². The molecule has 7 heteroatoms. The Bertz CT molecular complexity index is 921. The number of Topliss-reactive ketones (excluding diaryl/α,β-unsaturated/α-hetero) is 1. The Labute approximate surface area is 141 Å². The molecule has 6 nitrogen and oxygen atoms in total. The Kier molecular flexibility index (Phi) is 4.35. The number of thiophene rings is 1. The van der Waals surface area contributed by atoms with Gasteiger partial charge in [-0.1, -0.05) is 6.07 Å². The number of pyridine rings is 2. The van der Waals surface area contributed by atoms with Crippen molar-refractivity contribution < 1.29 is 14.7 Å². The molecule has 0 aliphatic rings. The molecule has 0 bridgehead atoms. The largest absolute Gasteiger partial charge is 0.478 e. The molecule has 0 aliphatic carbocycles. The smallest absolute Gasteiger partial charge is 0.335 e. The molecule has 3 aromatic heterocycles. The molecule has 0 fully saturated rings. The number of ketones is 1. The summed E-state index contributed by atoms with van der Waals surface area (Å²) in [6.07, 6.45) is 1.42. The van der Waals surface area contributed by atoms with Crippen LogP contribution in [-0.2, 0) is 0 Å². The summed E-state index contributed by atoms with van der Waals surface area (Å²) < 4.78 is 0. The minimum atomic E-state index is -1.02. The van der Waals surface area contributed by atoms with E-state index in [1.165, 1.54) is 36.6 Å². The van der Waals surface area contributed by atoms with Crippen LogP contribution >= 0.6 is 11.3 Å². The van der Waals surface area contributed by atoms with Gasteiger partial charge in [-0.2, -0.15) is 0 Å². The fourth-order valence-electron chi connectivity index (χ4n) is 2.07. The van der Waals surface area contributed by atoms with E-state index in [-0.39, 0.29) is 11.3 Å². The van der Waals surface area contributed by atoms with Gasteiger partial charge < -0.3 is 10.4 Å². The molecule has 0 unspecified atom stereocenters. The van der Waals surface area contributed by atoms with Gasteiger partial charge in [0.25, 0.3) is 0 Å². The summed E-state index contributed by atoms with van der Waals surface area (Å²) >= 11 is 1.38. The number of carbonyl (C=O) groups excluding carboxylic acids is 1. The van der Waals surface area contributed by atoms with Crippen molar-refractivity contribution in [2.45, 2.75) is 6.92 Å². The zero-order chi connectivity index (χ0) is 17.1. The molecule has 2 N–H and O–H groups in total. The number of anilines is 2. The van der Waals surface area contributed by atoms with Crippen LogP contribution in [0.2, 0.25) is 0 Å². The Morgan fingerprint density at radius 2 is 1.96 bits per heavy atom. The average Bonchev–Trinajstić information content (AvgIpc) is 3.06. The van der Waals surface area contributed by atoms with Gasteiger partial charge >= 0.3 is 5.97 Å². The number of aromatic carboxylic acids is 1.